The van der Waals surface area contributed by atoms with E-state index in [0.29, 0.717) is 12.6 Å². The van der Waals surface area contributed by atoms with Gasteiger partial charge in [-0.05, 0) is 37.8 Å². The van der Waals surface area contributed by atoms with Crippen LogP contribution in [0.5, 0.6) is 0 Å². The quantitative estimate of drug-likeness (QED) is 0.695. The largest absolute Gasteiger partial charge is 0.423 e. The monoisotopic (exact) mass is 359 g/mol. The fourth-order valence-corrected chi connectivity index (χ4v) is 3.21. The lowest BCUT2D eigenvalue weighted by Gasteiger charge is -2.30. The Bertz CT molecular complexity index is 659. The maximum absolute atomic E-state index is 12.3. The molecule has 1 N–H and O–H groups in total. The standard InChI is InChI=1S/C20H29N3O3/c1-2-3-14-25-15-6-11-21-19(24)16-9-12-23(13-10-16)20-22-17-7-4-5-8-18(17)26-20/h4-5,7-8,16H,2-3,6,9-15H2,1H3,(H,21,24). The molecule has 1 aromatic carbocycles. The predicted molar refractivity (Wildman–Crippen MR) is 102 cm³/mol. The molecule has 0 aliphatic carbocycles. The van der Waals surface area contributed by atoms with E-state index < -0.39 is 0 Å². The van der Waals surface area contributed by atoms with Gasteiger partial charge in [-0.25, -0.2) is 0 Å². The van der Waals surface area contributed by atoms with Gasteiger partial charge in [0.1, 0.15) is 5.52 Å². The number of anilines is 1. The molecule has 1 aromatic heterocycles. The van der Waals surface area contributed by atoms with Gasteiger partial charge >= 0.3 is 0 Å². The van der Waals surface area contributed by atoms with Crippen molar-refractivity contribution in [3.05, 3.63) is 24.3 Å². The third kappa shape index (κ3) is 4.97. The minimum atomic E-state index is 0.0802. The third-order valence-electron chi connectivity index (χ3n) is 4.83. The van der Waals surface area contributed by atoms with E-state index in [0.717, 1.165) is 69.5 Å². The topological polar surface area (TPSA) is 67.6 Å². The first-order valence-corrected chi connectivity index (χ1v) is 9.74. The fraction of sp³-hybridized carbons (Fsp3) is 0.600. The Balaban J connectivity index is 1.37. The number of carbonyl (C=O) groups excluding carboxylic acids is 1. The van der Waals surface area contributed by atoms with E-state index in [4.69, 9.17) is 9.15 Å². The van der Waals surface area contributed by atoms with Crippen LogP contribution in [0.1, 0.15) is 39.0 Å². The van der Waals surface area contributed by atoms with E-state index in [2.05, 4.69) is 22.1 Å². The number of fused-ring (bicyclic) bond motifs is 1. The second-order valence-corrected chi connectivity index (χ2v) is 6.84. The molecular formula is C20H29N3O3. The van der Waals surface area contributed by atoms with Gasteiger partial charge < -0.3 is 19.4 Å². The summed E-state index contributed by atoms with van der Waals surface area (Å²) in [5, 5.41) is 3.04. The Morgan fingerprint density at radius 1 is 1.27 bits per heavy atom. The van der Waals surface area contributed by atoms with Gasteiger partial charge in [-0.15, -0.1) is 0 Å². The molecule has 26 heavy (non-hydrogen) atoms. The lowest BCUT2D eigenvalue weighted by atomic mass is 9.96. The highest BCUT2D eigenvalue weighted by Gasteiger charge is 2.26. The van der Waals surface area contributed by atoms with Gasteiger partial charge in [0.05, 0.1) is 0 Å². The number of nitrogens with zero attached hydrogens (tertiary/aromatic N) is 2. The Hall–Kier alpha value is -2.08. The average Bonchev–Trinajstić information content (AvgIpc) is 3.11. The van der Waals surface area contributed by atoms with Crippen LogP contribution in [0.3, 0.4) is 0 Å². The number of nitrogens with one attached hydrogen (secondary N) is 1. The Labute approximate surface area is 154 Å². The zero-order valence-corrected chi connectivity index (χ0v) is 15.6. The molecule has 1 aliphatic heterocycles. The molecule has 1 amide bonds. The van der Waals surface area contributed by atoms with Crippen LogP contribution in [-0.2, 0) is 9.53 Å². The lowest BCUT2D eigenvalue weighted by molar-refractivity contribution is -0.125. The van der Waals surface area contributed by atoms with Crippen molar-refractivity contribution in [2.45, 2.75) is 39.0 Å². The van der Waals surface area contributed by atoms with Crippen molar-refractivity contribution in [3.63, 3.8) is 0 Å². The number of para-hydroxylation sites is 2. The molecule has 1 fully saturated rings. The van der Waals surface area contributed by atoms with Crippen molar-refractivity contribution >= 4 is 23.0 Å². The summed E-state index contributed by atoms with van der Waals surface area (Å²) in [7, 11) is 0. The summed E-state index contributed by atoms with van der Waals surface area (Å²) in [6.07, 6.45) is 4.79. The van der Waals surface area contributed by atoms with Gasteiger partial charge in [0.25, 0.3) is 6.01 Å². The Morgan fingerprint density at radius 2 is 2.04 bits per heavy atom. The number of hydrogen-bond donors (Lipinski definition) is 1. The lowest BCUT2D eigenvalue weighted by Crippen LogP contribution is -2.41. The first-order chi connectivity index (χ1) is 12.8. The van der Waals surface area contributed by atoms with E-state index in [1.165, 1.54) is 0 Å². The summed E-state index contributed by atoms with van der Waals surface area (Å²) >= 11 is 0. The van der Waals surface area contributed by atoms with Crippen LogP contribution in [0.2, 0.25) is 0 Å². The van der Waals surface area contributed by atoms with Crippen LogP contribution in [0.4, 0.5) is 6.01 Å². The third-order valence-corrected chi connectivity index (χ3v) is 4.83. The first-order valence-electron chi connectivity index (χ1n) is 9.74. The van der Waals surface area contributed by atoms with Gasteiger partial charge in [-0.1, -0.05) is 25.5 Å². The SMILES string of the molecule is CCCCOCCCNC(=O)C1CCN(c2nc3ccccc3o2)CC1. The zero-order chi connectivity index (χ0) is 18.2. The van der Waals surface area contributed by atoms with Crippen molar-refractivity contribution in [1.82, 2.24) is 10.3 Å². The number of carbonyl (C=O) groups is 1. The highest BCUT2D eigenvalue weighted by atomic mass is 16.5. The minimum absolute atomic E-state index is 0.0802. The van der Waals surface area contributed by atoms with Gasteiger partial charge in [0.15, 0.2) is 5.58 Å². The van der Waals surface area contributed by atoms with Crippen LogP contribution in [0.25, 0.3) is 11.1 Å². The molecule has 6 nitrogen and oxygen atoms in total. The summed E-state index contributed by atoms with van der Waals surface area (Å²) in [6.45, 7) is 5.97. The Kier molecular flexibility index (Phi) is 6.89. The molecule has 2 heterocycles. The number of unbranched alkanes of at least 4 members (excludes halogenated alkanes) is 1. The molecule has 0 saturated carbocycles. The summed E-state index contributed by atoms with van der Waals surface area (Å²) in [5.74, 6) is 0.243. The number of piperidine rings is 1. The van der Waals surface area contributed by atoms with Crippen molar-refractivity contribution in [2.24, 2.45) is 5.92 Å². The van der Waals surface area contributed by atoms with Gasteiger partial charge in [0, 0.05) is 38.8 Å². The maximum atomic E-state index is 12.3. The molecule has 2 aromatic rings. The normalized spacial score (nSPS) is 15.5. The van der Waals surface area contributed by atoms with Gasteiger partial charge in [-0.2, -0.15) is 4.98 Å². The number of oxazole rings is 1. The molecule has 6 heteroatoms. The molecule has 0 atom stereocenters. The molecule has 0 bridgehead atoms. The molecule has 142 valence electrons. The zero-order valence-electron chi connectivity index (χ0n) is 15.6. The number of rotatable bonds is 9. The molecule has 0 radical (unpaired) electrons. The van der Waals surface area contributed by atoms with E-state index >= 15 is 0 Å². The fourth-order valence-electron chi connectivity index (χ4n) is 3.21. The van der Waals surface area contributed by atoms with E-state index in [-0.39, 0.29) is 11.8 Å². The second-order valence-electron chi connectivity index (χ2n) is 6.84. The van der Waals surface area contributed by atoms with E-state index in [1.54, 1.807) is 0 Å². The molecule has 3 rings (SSSR count). The number of hydrogen-bond acceptors (Lipinski definition) is 5. The van der Waals surface area contributed by atoms with Crippen LogP contribution < -0.4 is 10.2 Å². The molecular weight excluding hydrogens is 330 g/mol. The average molecular weight is 359 g/mol. The smallest absolute Gasteiger partial charge is 0.298 e. The molecule has 0 unspecified atom stereocenters. The van der Waals surface area contributed by atoms with E-state index in [1.807, 2.05) is 24.3 Å². The van der Waals surface area contributed by atoms with Crippen LogP contribution in [0.15, 0.2) is 28.7 Å². The number of ether oxygens (including phenoxy) is 1. The minimum Gasteiger partial charge on any atom is -0.423 e. The predicted octanol–water partition coefficient (Wildman–Crippen LogP) is 3.37. The second kappa shape index (κ2) is 9.57. The van der Waals surface area contributed by atoms with Crippen LogP contribution in [-0.4, -0.2) is 43.7 Å². The van der Waals surface area contributed by atoms with Crippen LogP contribution >= 0.6 is 0 Å². The summed E-state index contributed by atoms with van der Waals surface area (Å²) in [5.41, 5.74) is 1.69. The van der Waals surface area contributed by atoms with Crippen molar-refractivity contribution in [2.75, 3.05) is 37.7 Å². The number of amides is 1. The highest BCUT2D eigenvalue weighted by molar-refractivity contribution is 5.79. The van der Waals surface area contributed by atoms with Crippen molar-refractivity contribution in [1.29, 1.82) is 0 Å². The van der Waals surface area contributed by atoms with Crippen LogP contribution in [0, 0.1) is 5.92 Å². The summed E-state index contributed by atoms with van der Waals surface area (Å²) in [6, 6.07) is 8.45. The number of aromatic nitrogens is 1. The van der Waals surface area contributed by atoms with E-state index in [9.17, 15) is 4.79 Å². The van der Waals surface area contributed by atoms with Crippen molar-refractivity contribution in [3.8, 4) is 0 Å². The molecule has 1 aliphatic rings. The Morgan fingerprint density at radius 3 is 2.81 bits per heavy atom. The van der Waals surface area contributed by atoms with Gasteiger partial charge in [0.2, 0.25) is 5.91 Å². The van der Waals surface area contributed by atoms with Crippen molar-refractivity contribution < 1.29 is 13.9 Å². The number of benzene rings is 1. The summed E-state index contributed by atoms with van der Waals surface area (Å²) < 4.78 is 11.3. The first kappa shape index (κ1) is 18.7. The van der Waals surface area contributed by atoms with Gasteiger partial charge in [-0.3, -0.25) is 4.79 Å². The maximum Gasteiger partial charge on any atom is 0.298 e. The molecule has 0 spiro atoms. The molecule has 1 saturated heterocycles. The highest BCUT2D eigenvalue weighted by Crippen LogP contribution is 2.26. The summed E-state index contributed by atoms with van der Waals surface area (Å²) in [4.78, 5) is 19.0.